The van der Waals surface area contributed by atoms with E-state index in [-0.39, 0.29) is 6.54 Å². The second-order valence-corrected chi connectivity index (χ2v) is 9.14. The van der Waals surface area contributed by atoms with Crippen LogP contribution in [0.3, 0.4) is 0 Å². The summed E-state index contributed by atoms with van der Waals surface area (Å²) in [6.07, 6.45) is -5.14. The Morgan fingerprint density at radius 3 is 1.81 bits per heavy atom. The summed E-state index contributed by atoms with van der Waals surface area (Å²) in [5.74, 6) is -0.423. The first-order valence-corrected chi connectivity index (χ1v) is 12.1. The first kappa shape index (κ1) is 28.4. The molecule has 198 valence electrons. The van der Waals surface area contributed by atoms with Gasteiger partial charge in [0.05, 0.1) is 17.9 Å². The fourth-order valence-electron chi connectivity index (χ4n) is 3.98. The van der Waals surface area contributed by atoms with Crippen LogP contribution in [0.25, 0.3) is 0 Å². The molecule has 0 bridgehead atoms. The fraction of sp³-hybridized carbons (Fsp3) is 0.357. The maximum absolute atomic E-state index is 12.8. The van der Waals surface area contributed by atoms with Crippen molar-refractivity contribution in [2.24, 2.45) is 0 Å². The Balaban J connectivity index is 1.63. The Hall–Kier alpha value is -3.18. The minimum atomic E-state index is -1.75. The smallest absolute Gasteiger partial charge is 0.255 e. The highest BCUT2D eigenvalue weighted by atomic mass is 16.4. The monoisotopic (exact) mass is 509 g/mol. The fourth-order valence-corrected chi connectivity index (χ4v) is 3.98. The molecule has 0 aliphatic carbocycles. The molecule has 0 radical (unpaired) electrons. The number of aromatic nitrogens is 1. The summed E-state index contributed by atoms with van der Waals surface area (Å²) in [6.45, 7) is 0.977. The Kier molecular flexibility index (Phi) is 10.7. The third-order valence-electron chi connectivity index (χ3n) is 6.09. The summed E-state index contributed by atoms with van der Waals surface area (Å²) in [5, 5.41) is 48.3. The van der Waals surface area contributed by atoms with Crippen LogP contribution in [0.2, 0.25) is 0 Å². The van der Waals surface area contributed by atoms with Crippen LogP contribution in [0.15, 0.2) is 79.0 Å². The molecule has 1 heterocycles. The van der Waals surface area contributed by atoms with Crippen LogP contribution >= 0.6 is 0 Å². The van der Waals surface area contributed by atoms with E-state index in [4.69, 9.17) is 5.11 Å². The number of benzene rings is 2. The molecule has 9 heteroatoms. The van der Waals surface area contributed by atoms with E-state index >= 15 is 0 Å². The van der Waals surface area contributed by atoms with Gasteiger partial charge in [0, 0.05) is 39.4 Å². The van der Waals surface area contributed by atoms with Crippen molar-refractivity contribution in [2.45, 2.75) is 44.1 Å². The number of carbonyl (C=O) groups excluding carboxylic acids is 1. The zero-order valence-electron chi connectivity index (χ0n) is 20.8. The second-order valence-electron chi connectivity index (χ2n) is 9.14. The zero-order valence-corrected chi connectivity index (χ0v) is 20.8. The van der Waals surface area contributed by atoms with Crippen molar-refractivity contribution >= 4 is 5.91 Å². The number of amides is 1. The standard InChI is InChI=1S/C28H35N3O6/c1-30(18-24(33)26(35)27(36)25(34)19-32)28(37)22-12-13-23(29-14-22)17-31(15-20-8-4-2-5-9-20)16-21-10-6-3-7-11-21/h2-14,24-27,32-36H,15-19H2,1H3/t24-,25+,26+,27+/m0/s1. The van der Waals surface area contributed by atoms with Crippen LogP contribution in [-0.4, -0.2) is 90.8 Å². The lowest BCUT2D eigenvalue weighted by molar-refractivity contribution is -0.117. The van der Waals surface area contributed by atoms with E-state index in [1.165, 1.54) is 29.3 Å². The molecule has 9 nitrogen and oxygen atoms in total. The molecule has 1 amide bonds. The first-order valence-electron chi connectivity index (χ1n) is 12.1. The summed E-state index contributed by atoms with van der Waals surface area (Å²) in [6, 6.07) is 23.8. The van der Waals surface area contributed by atoms with Crippen LogP contribution in [-0.2, 0) is 19.6 Å². The molecule has 5 N–H and O–H groups in total. The van der Waals surface area contributed by atoms with Gasteiger partial charge < -0.3 is 30.4 Å². The van der Waals surface area contributed by atoms with Gasteiger partial charge in [0.2, 0.25) is 0 Å². The van der Waals surface area contributed by atoms with E-state index < -0.39 is 36.9 Å². The molecule has 3 rings (SSSR count). The van der Waals surface area contributed by atoms with Crippen molar-refractivity contribution in [3.63, 3.8) is 0 Å². The summed E-state index contributed by atoms with van der Waals surface area (Å²) in [5.41, 5.74) is 3.47. The molecule has 4 atom stereocenters. The molecule has 0 aliphatic heterocycles. The van der Waals surface area contributed by atoms with E-state index in [9.17, 15) is 25.2 Å². The van der Waals surface area contributed by atoms with Crippen LogP contribution in [0.4, 0.5) is 0 Å². The van der Waals surface area contributed by atoms with Crippen LogP contribution < -0.4 is 0 Å². The quantitative estimate of drug-likeness (QED) is 0.228. The zero-order chi connectivity index (χ0) is 26.8. The minimum Gasteiger partial charge on any atom is -0.394 e. The molecule has 0 fully saturated rings. The van der Waals surface area contributed by atoms with Gasteiger partial charge in [-0.2, -0.15) is 0 Å². The number of nitrogens with zero attached hydrogens (tertiary/aromatic N) is 3. The molecule has 2 aromatic carbocycles. The maximum Gasteiger partial charge on any atom is 0.255 e. The molecule has 37 heavy (non-hydrogen) atoms. The number of hydrogen-bond acceptors (Lipinski definition) is 8. The van der Waals surface area contributed by atoms with Gasteiger partial charge in [-0.05, 0) is 23.3 Å². The molecule has 0 saturated heterocycles. The van der Waals surface area contributed by atoms with Gasteiger partial charge in [-0.3, -0.25) is 14.7 Å². The molecule has 0 spiro atoms. The lowest BCUT2D eigenvalue weighted by Crippen LogP contribution is -2.50. The highest BCUT2D eigenvalue weighted by Crippen LogP contribution is 2.15. The van der Waals surface area contributed by atoms with Crippen LogP contribution in [0, 0.1) is 0 Å². The molecular formula is C28H35N3O6. The molecular weight excluding hydrogens is 474 g/mol. The van der Waals surface area contributed by atoms with E-state index in [1.54, 1.807) is 12.1 Å². The largest absolute Gasteiger partial charge is 0.394 e. The van der Waals surface area contributed by atoms with Crippen molar-refractivity contribution in [1.82, 2.24) is 14.8 Å². The molecule has 0 unspecified atom stereocenters. The lowest BCUT2D eigenvalue weighted by Gasteiger charge is -2.28. The van der Waals surface area contributed by atoms with E-state index in [0.29, 0.717) is 12.1 Å². The van der Waals surface area contributed by atoms with Crippen molar-refractivity contribution in [2.75, 3.05) is 20.2 Å². The highest BCUT2D eigenvalue weighted by Gasteiger charge is 2.31. The van der Waals surface area contributed by atoms with E-state index in [1.807, 2.05) is 36.4 Å². The number of likely N-dealkylation sites (N-methyl/N-ethyl adjacent to an activating group) is 1. The SMILES string of the molecule is CN(C[C@H](O)[C@@H](O)[C@H](O)[C@H](O)CO)C(=O)c1ccc(CN(Cc2ccccc2)Cc2ccccc2)nc1. The molecule has 1 aromatic heterocycles. The van der Waals surface area contributed by atoms with E-state index in [2.05, 4.69) is 34.1 Å². The predicted molar refractivity (Wildman–Crippen MR) is 138 cm³/mol. The number of rotatable bonds is 13. The number of hydrogen-bond donors (Lipinski definition) is 5. The normalized spacial score (nSPS) is 14.7. The second kappa shape index (κ2) is 13.9. The third-order valence-corrected chi connectivity index (χ3v) is 6.09. The average molecular weight is 510 g/mol. The Morgan fingerprint density at radius 2 is 1.32 bits per heavy atom. The van der Waals surface area contributed by atoms with Crippen LogP contribution in [0.1, 0.15) is 27.2 Å². The Morgan fingerprint density at radius 1 is 0.784 bits per heavy atom. The molecule has 0 saturated carbocycles. The Bertz CT molecular complexity index is 1040. The third kappa shape index (κ3) is 8.43. The summed E-state index contributed by atoms with van der Waals surface area (Å²) in [7, 11) is 1.45. The van der Waals surface area contributed by atoms with E-state index in [0.717, 1.165) is 18.8 Å². The first-order chi connectivity index (χ1) is 17.8. The molecule has 0 aliphatic rings. The minimum absolute atomic E-state index is 0.293. The van der Waals surface area contributed by atoms with Gasteiger partial charge in [-0.1, -0.05) is 60.7 Å². The topological polar surface area (TPSA) is 138 Å². The van der Waals surface area contributed by atoms with Crippen molar-refractivity contribution in [3.05, 3.63) is 101 Å². The number of aliphatic hydroxyl groups excluding tert-OH is 5. The molecule has 3 aromatic rings. The maximum atomic E-state index is 12.8. The lowest BCUT2D eigenvalue weighted by atomic mass is 10.0. The van der Waals surface area contributed by atoms with Gasteiger partial charge in [0.1, 0.15) is 24.4 Å². The predicted octanol–water partition coefficient (Wildman–Crippen LogP) is 0.792. The van der Waals surface area contributed by atoms with Crippen molar-refractivity contribution in [1.29, 1.82) is 0 Å². The van der Waals surface area contributed by atoms with Gasteiger partial charge in [0.15, 0.2) is 0 Å². The van der Waals surface area contributed by atoms with Crippen molar-refractivity contribution in [3.8, 4) is 0 Å². The number of carbonyl (C=O) groups is 1. The number of pyridine rings is 1. The highest BCUT2D eigenvalue weighted by molar-refractivity contribution is 5.93. The summed E-state index contributed by atoms with van der Waals surface area (Å²) in [4.78, 5) is 20.8. The number of aliphatic hydroxyl groups is 5. The Labute approximate surface area is 216 Å². The summed E-state index contributed by atoms with van der Waals surface area (Å²) >= 11 is 0. The average Bonchev–Trinajstić information content (AvgIpc) is 2.92. The summed E-state index contributed by atoms with van der Waals surface area (Å²) < 4.78 is 0. The van der Waals surface area contributed by atoms with Crippen LogP contribution in [0.5, 0.6) is 0 Å². The van der Waals surface area contributed by atoms with Crippen molar-refractivity contribution < 1.29 is 30.3 Å². The van der Waals surface area contributed by atoms with Gasteiger partial charge >= 0.3 is 0 Å². The van der Waals surface area contributed by atoms with Gasteiger partial charge in [-0.15, -0.1) is 0 Å². The van der Waals surface area contributed by atoms with Gasteiger partial charge in [-0.25, -0.2) is 0 Å². The van der Waals surface area contributed by atoms with Gasteiger partial charge in [0.25, 0.3) is 5.91 Å².